The van der Waals surface area contributed by atoms with E-state index in [0.29, 0.717) is 28.7 Å². The van der Waals surface area contributed by atoms with Crippen molar-refractivity contribution in [2.45, 2.75) is 26.2 Å². The molecule has 1 aromatic carbocycles. The Morgan fingerprint density at radius 1 is 1.50 bits per heavy atom. The summed E-state index contributed by atoms with van der Waals surface area (Å²) in [6.07, 6.45) is 3.86. The van der Waals surface area contributed by atoms with Crippen LogP contribution in [0.15, 0.2) is 29.2 Å². The van der Waals surface area contributed by atoms with Crippen molar-refractivity contribution in [3.63, 3.8) is 0 Å². The van der Waals surface area contributed by atoms with Crippen LogP contribution >= 0.6 is 0 Å². The van der Waals surface area contributed by atoms with Gasteiger partial charge in [-0.05, 0) is 30.7 Å². The molecule has 0 amide bonds. The summed E-state index contributed by atoms with van der Waals surface area (Å²) in [5, 5.41) is 10.5. The van der Waals surface area contributed by atoms with Crippen LogP contribution in [0.5, 0.6) is 5.75 Å². The zero-order valence-corrected chi connectivity index (χ0v) is 10.4. The fraction of sp³-hybridized carbons (Fsp3) is 0.267. The molecule has 1 heterocycles. The molecule has 0 bridgehead atoms. The maximum Gasteiger partial charge on any atom is 0.169 e. The number of carbonyl (C=O) groups is 1. The molecule has 0 saturated heterocycles. The summed E-state index contributed by atoms with van der Waals surface area (Å²) < 4.78 is 5.38. The zero-order chi connectivity index (χ0) is 13.1. The summed E-state index contributed by atoms with van der Waals surface area (Å²) in [6.45, 7) is 5.61. The highest BCUT2D eigenvalue weighted by Gasteiger charge is 2.13. The Balaban J connectivity index is 2.40. The molecule has 0 aliphatic heterocycles. The van der Waals surface area contributed by atoms with E-state index in [1.807, 2.05) is 0 Å². The smallest absolute Gasteiger partial charge is 0.169 e. The summed E-state index contributed by atoms with van der Waals surface area (Å²) in [5.74, 6) is 0.479. The van der Waals surface area contributed by atoms with Crippen LogP contribution in [0.25, 0.3) is 17.0 Å². The maximum absolute atomic E-state index is 11.9. The van der Waals surface area contributed by atoms with Crippen molar-refractivity contribution < 1.29 is 14.3 Å². The van der Waals surface area contributed by atoms with Crippen molar-refractivity contribution in [1.29, 1.82) is 0 Å². The summed E-state index contributed by atoms with van der Waals surface area (Å²) in [6, 6.07) is 5.12. The molecule has 0 saturated carbocycles. The van der Waals surface area contributed by atoms with E-state index in [1.165, 1.54) is 6.08 Å². The van der Waals surface area contributed by atoms with Gasteiger partial charge in [0.25, 0.3) is 0 Å². The molecule has 0 aliphatic carbocycles. The Morgan fingerprint density at radius 2 is 2.28 bits per heavy atom. The molecule has 2 aromatic rings. The maximum atomic E-state index is 11.9. The van der Waals surface area contributed by atoms with Gasteiger partial charge in [0.05, 0.1) is 5.39 Å². The number of carbonyl (C=O) groups excluding carboxylic acids is 1. The number of benzene rings is 1. The van der Waals surface area contributed by atoms with Crippen LogP contribution in [-0.2, 0) is 0 Å². The first-order valence-corrected chi connectivity index (χ1v) is 6.08. The van der Waals surface area contributed by atoms with Crippen molar-refractivity contribution in [3.05, 3.63) is 36.1 Å². The van der Waals surface area contributed by atoms with Gasteiger partial charge in [-0.15, -0.1) is 0 Å². The van der Waals surface area contributed by atoms with Crippen molar-refractivity contribution in [2.75, 3.05) is 0 Å². The lowest BCUT2D eigenvalue weighted by molar-refractivity contribution is 0.0980. The second-order valence-electron chi connectivity index (χ2n) is 4.26. The van der Waals surface area contributed by atoms with Gasteiger partial charge < -0.3 is 9.52 Å². The summed E-state index contributed by atoms with van der Waals surface area (Å²) in [7, 11) is 0. The minimum Gasteiger partial charge on any atom is -0.504 e. The van der Waals surface area contributed by atoms with Crippen LogP contribution in [0.2, 0.25) is 0 Å². The van der Waals surface area contributed by atoms with E-state index in [-0.39, 0.29) is 11.5 Å². The van der Waals surface area contributed by atoms with E-state index in [0.717, 1.165) is 12.8 Å². The Hall–Kier alpha value is -2.03. The average Bonchev–Trinajstić information content (AvgIpc) is 2.72. The second kappa shape index (κ2) is 5.08. The number of hydrogen-bond acceptors (Lipinski definition) is 3. The van der Waals surface area contributed by atoms with E-state index in [4.69, 9.17) is 4.42 Å². The lowest BCUT2D eigenvalue weighted by atomic mass is 10.0. The lowest BCUT2D eigenvalue weighted by Crippen LogP contribution is -1.97. The zero-order valence-electron chi connectivity index (χ0n) is 10.4. The molecule has 0 fully saturated rings. The van der Waals surface area contributed by atoms with E-state index < -0.39 is 0 Å². The number of furan rings is 1. The molecule has 0 radical (unpaired) electrons. The third-order valence-corrected chi connectivity index (χ3v) is 2.95. The molecule has 0 atom stereocenters. The standard InChI is InChI=1S/C15H16O3/c1-3-5-6-12(16)10-7-8-14-11(9-10)15(17)13(4-2)18-14/h4,7-9,17H,2-3,5-6H2,1H3. The van der Waals surface area contributed by atoms with Gasteiger partial charge in [0.15, 0.2) is 17.3 Å². The Morgan fingerprint density at radius 3 is 2.94 bits per heavy atom. The first-order valence-electron chi connectivity index (χ1n) is 6.08. The molecule has 94 valence electrons. The third-order valence-electron chi connectivity index (χ3n) is 2.95. The van der Waals surface area contributed by atoms with E-state index >= 15 is 0 Å². The molecule has 18 heavy (non-hydrogen) atoms. The number of hydrogen-bond donors (Lipinski definition) is 1. The van der Waals surface area contributed by atoms with Crippen LogP contribution in [0.1, 0.15) is 42.3 Å². The normalized spacial score (nSPS) is 10.7. The van der Waals surface area contributed by atoms with E-state index in [2.05, 4.69) is 13.5 Å². The van der Waals surface area contributed by atoms with E-state index in [1.54, 1.807) is 18.2 Å². The minimum absolute atomic E-state index is 0.0464. The first kappa shape index (κ1) is 12.4. The van der Waals surface area contributed by atoms with Gasteiger partial charge in [-0.1, -0.05) is 19.9 Å². The molecule has 3 nitrogen and oxygen atoms in total. The number of rotatable bonds is 5. The van der Waals surface area contributed by atoms with Crippen LogP contribution in [-0.4, -0.2) is 10.9 Å². The lowest BCUT2D eigenvalue weighted by Gasteiger charge is -1.99. The Kier molecular flexibility index (Phi) is 3.51. The van der Waals surface area contributed by atoms with E-state index in [9.17, 15) is 9.90 Å². The first-order chi connectivity index (χ1) is 8.67. The predicted molar refractivity (Wildman–Crippen MR) is 71.8 cm³/mol. The Labute approximate surface area is 106 Å². The SMILES string of the molecule is C=Cc1oc2ccc(C(=O)CCCC)cc2c1O. The molecule has 0 unspecified atom stereocenters. The molecule has 2 rings (SSSR count). The second-order valence-corrected chi connectivity index (χ2v) is 4.26. The van der Waals surface area contributed by atoms with Crippen LogP contribution in [0.4, 0.5) is 0 Å². The highest BCUT2D eigenvalue weighted by Crippen LogP contribution is 2.33. The number of unbranched alkanes of at least 4 members (excludes halogenated alkanes) is 1. The molecule has 0 spiro atoms. The van der Waals surface area contributed by atoms with Gasteiger partial charge in [-0.3, -0.25) is 4.79 Å². The topological polar surface area (TPSA) is 50.4 Å². The monoisotopic (exact) mass is 244 g/mol. The van der Waals surface area contributed by atoms with Crippen molar-refractivity contribution in [1.82, 2.24) is 0 Å². The summed E-state index contributed by atoms with van der Waals surface area (Å²) in [4.78, 5) is 11.9. The molecular weight excluding hydrogens is 228 g/mol. The number of ketones is 1. The van der Waals surface area contributed by atoms with Gasteiger partial charge >= 0.3 is 0 Å². The van der Waals surface area contributed by atoms with Crippen LogP contribution in [0, 0.1) is 0 Å². The third kappa shape index (κ3) is 2.16. The average molecular weight is 244 g/mol. The highest BCUT2D eigenvalue weighted by molar-refractivity contribution is 6.00. The number of fused-ring (bicyclic) bond motifs is 1. The predicted octanol–water partition coefficient (Wildman–Crippen LogP) is 4.15. The van der Waals surface area contributed by atoms with Gasteiger partial charge in [-0.25, -0.2) is 0 Å². The molecular formula is C15H16O3. The quantitative estimate of drug-likeness (QED) is 0.803. The fourth-order valence-corrected chi connectivity index (χ4v) is 1.90. The summed E-state index contributed by atoms with van der Waals surface area (Å²) in [5.41, 5.74) is 1.18. The van der Waals surface area contributed by atoms with Gasteiger partial charge in [-0.2, -0.15) is 0 Å². The Bertz CT molecular complexity index is 593. The molecule has 1 N–H and O–H groups in total. The number of aromatic hydroxyl groups is 1. The highest BCUT2D eigenvalue weighted by atomic mass is 16.4. The van der Waals surface area contributed by atoms with Gasteiger partial charge in [0, 0.05) is 12.0 Å². The summed E-state index contributed by atoms with van der Waals surface area (Å²) >= 11 is 0. The number of Topliss-reactive ketones (excluding diaryl/α,β-unsaturated/α-hetero) is 1. The van der Waals surface area contributed by atoms with Crippen molar-refractivity contribution >= 4 is 22.8 Å². The fourth-order valence-electron chi connectivity index (χ4n) is 1.90. The van der Waals surface area contributed by atoms with Gasteiger partial charge in [0.2, 0.25) is 0 Å². The van der Waals surface area contributed by atoms with Crippen molar-refractivity contribution in [2.24, 2.45) is 0 Å². The van der Waals surface area contributed by atoms with Crippen LogP contribution < -0.4 is 0 Å². The van der Waals surface area contributed by atoms with Crippen LogP contribution in [0.3, 0.4) is 0 Å². The molecule has 0 aliphatic rings. The molecule has 3 heteroatoms. The minimum atomic E-state index is 0.0464. The van der Waals surface area contributed by atoms with Crippen molar-refractivity contribution in [3.8, 4) is 5.75 Å². The molecule has 1 aromatic heterocycles. The van der Waals surface area contributed by atoms with Gasteiger partial charge in [0.1, 0.15) is 5.58 Å². The largest absolute Gasteiger partial charge is 0.504 e.